The highest BCUT2D eigenvalue weighted by Crippen LogP contribution is 2.19. The fraction of sp³-hybridized carbons (Fsp3) is 0.417. The molecule has 7 heteroatoms. The Kier molecular flexibility index (Phi) is 5.46. The van der Waals surface area contributed by atoms with Crippen molar-refractivity contribution in [2.45, 2.75) is 18.2 Å². The van der Waals surface area contributed by atoms with E-state index < -0.39 is 16.0 Å². The smallest absolute Gasteiger partial charge is 0.338 e. The molecule has 0 atom stereocenters. The van der Waals surface area contributed by atoms with Gasteiger partial charge in [0.05, 0.1) is 17.6 Å². The number of carbonyl (C=O) groups excluding carboxylic acids is 1. The number of sulfonamides is 1. The van der Waals surface area contributed by atoms with E-state index in [0.29, 0.717) is 18.5 Å². The number of ether oxygens (including phenoxy) is 1. The van der Waals surface area contributed by atoms with Gasteiger partial charge in [-0.05, 0) is 37.6 Å². The molecule has 6 nitrogen and oxygen atoms in total. The van der Waals surface area contributed by atoms with E-state index in [0.717, 1.165) is 0 Å². The van der Waals surface area contributed by atoms with Crippen LogP contribution in [0.15, 0.2) is 23.1 Å². The van der Waals surface area contributed by atoms with Crippen LogP contribution in [0.5, 0.6) is 0 Å². The number of carbonyl (C=O) groups is 1. The first-order valence-corrected chi connectivity index (χ1v) is 7.30. The van der Waals surface area contributed by atoms with Gasteiger partial charge in [-0.3, -0.25) is 0 Å². The molecular formula is C12H18N2O4S. The number of esters is 1. The zero-order valence-electron chi connectivity index (χ0n) is 11.0. The van der Waals surface area contributed by atoms with E-state index in [9.17, 15) is 13.2 Å². The number of rotatable bonds is 6. The van der Waals surface area contributed by atoms with Gasteiger partial charge in [-0.1, -0.05) is 6.07 Å². The van der Waals surface area contributed by atoms with E-state index in [2.05, 4.69) is 9.46 Å². The third-order valence-electron chi connectivity index (χ3n) is 2.65. The highest BCUT2D eigenvalue weighted by Gasteiger charge is 2.20. The van der Waals surface area contributed by atoms with Crippen LogP contribution < -0.4 is 10.5 Å². The van der Waals surface area contributed by atoms with Gasteiger partial charge < -0.3 is 10.5 Å². The van der Waals surface area contributed by atoms with Crippen LogP contribution in [0.3, 0.4) is 0 Å². The zero-order chi connectivity index (χ0) is 14.5. The van der Waals surface area contributed by atoms with Crippen molar-refractivity contribution in [3.63, 3.8) is 0 Å². The summed E-state index contributed by atoms with van der Waals surface area (Å²) < 4.78 is 31.2. The predicted octanol–water partition coefficient (Wildman–Crippen LogP) is 0.409. The molecule has 19 heavy (non-hydrogen) atoms. The summed E-state index contributed by atoms with van der Waals surface area (Å²) >= 11 is 0. The predicted molar refractivity (Wildman–Crippen MR) is 71.4 cm³/mol. The second kappa shape index (κ2) is 6.65. The molecule has 0 aromatic heterocycles. The number of hydrogen-bond donors (Lipinski definition) is 2. The maximum absolute atomic E-state index is 12.1. The standard InChI is InChI=1S/C12H18N2O4S/c1-9-10(12(15)18-2)5-3-6-11(9)19(16,17)14-8-4-7-13/h3,5-6,14H,4,7-8,13H2,1-2H3. The van der Waals surface area contributed by atoms with Crippen LogP contribution in [0.2, 0.25) is 0 Å². The van der Waals surface area contributed by atoms with E-state index in [1.54, 1.807) is 6.92 Å². The number of methoxy groups -OCH3 is 1. The first kappa shape index (κ1) is 15.6. The molecule has 0 aliphatic carbocycles. The second-order valence-corrected chi connectivity index (χ2v) is 5.70. The lowest BCUT2D eigenvalue weighted by Gasteiger charge is -2.11. The molecule has 0 saturated carbocycles. The van der Waals surface area contributed by atoms with E-state index >= 15 is 0 Å². The first-order valence-electron chi connectivity index (χ1n) is 5.81. The van der Waals surface area contributed by atoms with Crippen LogP contribution in [0, 0.1) is 6.92 Å². The Bertz CT molecular complexity index is 555. The molecular weight excluding hydrogens is 268 g/mol. The minimum Gasteiger partial charge on any atom is -0.465 e. The Morgan fingerprint density at radius 2 is 2.11 bits per heavy atom. The van der Waals surface area contributed by atoms with Crippen molar-refractivity contribution in [1.29, 1.82) is 0 Å². The van der Waals surface area contributed by atoms with Crippen molar-refractivity contribution in [2.75, 3.05) is 20.2 Å². The third-order valence-corrected chi connectivity index (χ3v) is 4.26. The summed E-state index contributed by atoms with van der Waals surface area (Å²) in [7, 11) is -2.39. The molecule has 0 spiro atoms. The average molecular weight is 286 g/mol. The highest BCUT2D eigenvalue weighted by molar-refractivity contribution is 7.89. The van der Waals surface area contributed by atoms with E-state index in [4.69, 9.17) is 5.73 Å². The first-order chi connectivity index (χ1) is 8.94. The SMILES string of the molecule is COC(=O)c1cccc(S(=O)(=O)NCCCN)c1C. The van der Waals surface area contributed by atoms with Crippen LogP contribution in [0.4, 0.5) is 0 Å². The molecule has 1 aromatic carbocycles. The molecule has 0 radical (unpaired) electrons. The van der Waals surface area contributed by atoms with Crippen molar-refractivity contribution < 1.29 is 17.9 Å². The molecule has 0 fully saturated rings. The maximum atomic E-state index is 12.1. The molecule has 106 valence electrons. The van der Waals surface area contributed by atoms with Crippen molar-refractivity contribution in [1.82, 2.24) is 4.72 Å². The van der Waals surface area contributed by atoms with Gasteiger partial charge in [-0.25, -0.2) is 17.9 Å². The van der Waals surface area contributed by atoms with Crippen molar-refractivity contribution in [2.24, 2.45) is 5.73 Å². The van der Waals surface area contributed by atoms with Crippen LogP contribution in [0.25, 0.3) is 0 Å². The minimum absolute atomic E-state index is 0.0763. The van der Waals surface area contributed by atoms with Gasteiger partial charge in [0.15, 0.2) is 0 Å². The van der Waals surface area contributed by atoms with Gasteiger partial charge in [0.2, 0.25) is 10.0 Å². The normalized spacial score (nSPS) is 11.3. The number of benzene rings is 1. The van der Waals surface area contributed by atoms with Crippen LogP contribution >= 0.6 is 0 Å². The zero-order valence-corrected chi connectivity index (χ0v) is 11.8. The van der Waals surface area contributed by atoms with Gasteiger partial charge in [0.25, 0.3) is 0 Å². The summed E-state index contributed by atoms with van der Waals surface area (Å²) in [5.41, 5.74) is 5.92. The highest BCUT2D eigenvalue weighted by atomic mass is 32.2. The Balaban J connectivity index is 3.10. The molecule has 0 heterocycles. The van der Waals surface area contributed by atoms with E-state index in [1.165, 1.54) is 25.3 Å². The monoisotopic (exact) mass is 286 g/mol. The quantitative estimate of drug-likeness (QED) is 0.583. The van der Waals surface area contributed by atoms with Gasteiger partial charge >= 0.3 is 5.97 Å². The van der Waals surface area contributed by atoms with Gasteiger partial charge in [0, 0.05) is 6.54 Å². The fourth-order valence-electron chi connectivity index (χ4n) is 1.62. The maximum Gasteiger partial charge on any atom is 0.338 e. The fourth-order valence-corrected chi connectivity index (χ4v) is 2.96. The molecule has 0 amide bonds. The van der Waals surface area contributed by atoms with Crippen molar-refractivity contribution in [3.8, 4) is 0 Å². The van der Waals surface area contributed by atoms with Gasteiger partial charge in [-0.2, -0.15) is 0 Å². The minimum atomic E-state index is -3.64. The van der Waals surface area contributed by atoms with Crippen LogP contribution in [-0.2, 0) is 14.8 Å². The van der Waals surface area contributed by atoms with Crippen LogP contribution in [0.1, 0.15) is 22.3 Å². The molecule has 3 N–H and O–H groups in total. The number of nitrogens with one attached hydrogen (secondary N) is 1. The molecule has 1 aromatic rings. The molecule has 1 rings (SSSR count). The summed E-state index contributed by atoms with van der Waals surface area (Å²) in [6.07, 6.45) is 0.551. The topological polar surface area (TPSA) is 98.5 Å². The number of hydrogen-bond acceptors (Lipinski definition) is 5. The Morgan fingerprint density at radius 1 is 1.42 bits per heavy atom. The second-order valence-electron chi connectivity index (χ2n) is 3.96. The van der Waals surface area contributed by atoms with Crippen molar-refractivity contribution in [3.05, 3.63) is 29.3 Å². The summed E-state index contributed by atoms with van der Waals surface area (Å²) in [6.45, 7) is 2.24. The lowest BCUT2D eigenvalue weighted by Crippen LogP contribution is -2.27. The molecule has 0 aliphatic rings. The van der Waals surface area contributed by atoms with Gasteiger partial charge in [-0.15, -0.1) is 0 Å². The van der Waals surface area contributed by atoms with Crippen LogP contribution in [-0.4, -0.2) is 34.6 Å². The molecule has 0 saturated heterocycles. The van der Waals surface area contributed by atoms with Crippen molar-refractivity contribution >= 4 is 16.0 Å². The largest absolute Gasteiger partial charge is 0.465 e. The van der Waals surface area contributed by atoms with Gasteiger partial charge in [0.1, 0.15) is 0 Å². The Hall–Kier alpha value is -1.44. The molecule has 0 aliphatic heterocycles. The summed E-state index contributed by atoms with van der Waals surface area (Å²) in [5, 5.41) is 0. The Labute approximate surface area is 113 Å². The van der Waals surface area contributed by atoms with E-state index in [-0.39, 0.29) is 17.0 Å². The molecule has 0 unspecified atom stereocenters. The molecule has 0 bridgehead atoms. The lowest BCUT2D eigenvalue weighted by molar-refractivity contribution is 0.0599. The summed E-state index contributed by atoms with van der Waals surface area (Å²) in [4.78, 5) is 11.6. The Morgan fingerprint density at radius 3 is 2.68 bits per heavy atom. The summed E-state index contributed by atoms with van der Waals surface area (Å²) in [6, 6.07) is 4.49. The van der Waals surface area contributed by atoms with E-state index in [1.807, 2.05) is 0 Å². The third kappa shape index (κ3) is 3.76. The lowest BCUT2D eigenvalue weighted by atomic mass is 10.1. The number of nitrogens with two attached hydrogens (primary N) is 1. The average Bonchev–Trinajstić information content (AvgIpc) is 2.38. The summed E-state index contributed by atoms with van der Waals surface area (Å²) in [5.74, 6) is -0.559.